The van der Waals surface area contributed by atoms with Gasteiger partial charge in [-0.25, -0.2) is 13.8 Å². The molecule has 0 radical (unpaired) electrons. The molecule has 1 amide bonds. The van der Waals surface area contributed by atoms with Gasteiger partial charge in [0.1, 0.15) is 5.75 Å². The largest absolute Gasteiger partial charge is 0.496 e. The van der Waals surface area contributed by atoms with Gasteiger partial charge in [-0.3, -0.25) is 9.52 Å². The molecule has 0 heterocycles. The molecule has 3 aromatic carbocycles. The van der Waals surface area contributed by atoms with Crippen LogP contribution in [-0.2, 0) is 10.0 Å². The van der Waals surface area contributed by atoms with E-state index in [-0.39, 0.29) is 10.5 Å². The van der Waals surface area contributed by atoms with Gasteiger partial charge in [-0.2, -0.15) is 5.10 Å². The van der Waals surface area contributed by atoms with Crippen LogP contribution in [0.25, 0.3) is 0 Å². The summed E-state index contributed by atoms with van der Waals surface area (Å²) in [7, 11) is 0.730. The summed E-state index contributed by atoms with van der Waals surface area (Å²) < 4.78 is 43.2. The van der Waals surface area contributed by atoms with E-state index < -0.39 is 15.9 Å². The predicted octanol–water partition coefficient (Wildman–Crippen LogP) is 3.93. The molecule has 0 atom stereocenters. The van der Waals surface area contributed by atoms with Crippen molar-refractivity contribution in [2.45, 2.75) is 4.90 Å². The van der Waals surface area contributed by atoms with E-state index in [0.717, 1.165) is 0 Å². The van der Waals surface area contributed by atoms with Gasteiger partial charge in [0.05, 0.1) is 32.4 Å². The first-order chi connectivity index (χ1) is 16.3. The molecule has 0 fully saturated rings. The number of hydrazone groups is 1. The Bertz CT molecular complexity index is 1290. The number of anilines is 1. The minimum absolute atomic E-state index is 0.0682. The quantitative estimate of drug-likeness (QED) is 0.337. The van der Waals surface area contributed by atoms with E-state index in [1.807, 2.05) is 0 Å². The zero-order chi connectivity index (χ0) is 24.7. The second-order valence-corrected chi connectivity index (χ2v) is 8.90. The van der Waals surface area contributed by atoms with Crippen molar-refractivity contribution < 1.29 is 27.4 Å². The highest BCUT2D eigenvalue weighted by molar-refractivity contribution is 7.92. The summed E-state index contributed by atoms with van der Waals surface area (Å²) in [6.45, 7) is 0. The maximum atomic E-state index is 12.5. The molecule has 3 aromatic rings. The van der Waals surface area contributed by atoms with Gasteiger partial charge in [-0.15, -0.1) is 0 Å². The third-order valence-corrected chi connectivity index (χ3v) is 6.28. The van der Waals surface area contributed by atoms with E-state index in [2.05, 4.69) is 15.2 Å². The molecule has 2 N–H and O–H groups in total. The fourth-order valence-electron chi connectivity index (χ4n) is 2.90. The van der Waals surface area contributed by atoms with Crippen molar-refractivity contribution in [2.24, 2.45) is 5.10 Å². The molecule has 0 unspecified atom stereocenters. The summed E-state index contributed by atoms with van der Waals surface area (Å²) in [5.74, 6) is 0.968. The van der Waals surface area contributed by atoms with Crippen LogP contribution in [0.4, 0.5) is 5.69 Å². The minimum atomic E-state index is -3.79. The molecular formula is C23H22ClN3O6S. The molecule has 0 spiro atoms. The Kier molecular flexibility index (Phi) is 7.98. The molecule has 3 rings (SSSR count). The van der Waals surface area contributed by atoms with E-state index in [4.69, 9.17) is 25.8 Å². The van der Waals surface area contributed by atoms with Crippen LogP contribution in [-0.4, -0.2) is 41.9 Å². The maximum Gasteiger partial charge on any atom is 0.271 e. The maximum absolute atomic E-state index is 12.5. The molecule has 0 bridgehead atoms. The van der Waals surface area contributed by atoms with Crippen molar-refractivity contribution in [3.05, 3.63) is 76.8 Å². The van der Waals surface area contributed by atoms with Crippen LogP contribution < -0.4 is 24.4 Å². The number of amides is 1. The first-order valence-electron chi connectivity index (χ1n) is 9.79. The molecule has 0 saturated heterocycles. The van der Waals surface area contributed by atoms with Gasteiger partial charge < -0.3 is 14.2 Å². The van der Waals surface area contributed by atoms with Gasteiger partial charge in [0, 0.05) is 27.9 Å². The summed E-state index contributed by atoms with van der Waals surface area (Å²) >= 11 is 5.80. The van der Waals surface area contributed by atoms with Gasteiger partial charge in [0.15, 0.2) is 11.5 Å². The predicted molar refractivity (Wildman–Crippen MR) is 130 cm³/mol. The first kappa shape index (κ1) is 24.9. The van der Waals surface area contributed by atoms with Crippen LogP contribution in [0, 0.1) is 0 Å². The van der Waals surface area contributed by atoms with Crippen molar-refractivity contribution in [1.29, 1.82) is 0 Å². The number of hydrogen-bond donors (Lipinski definition) is 2. The van der Waals surface area contributed by atoms with Crippen LogP contribution in [0.1, 0.15) is 15.9 Å². The summed E-state index contributed by atoms with van der Waals surface area (Å²) in [5.41, 5.74) is 3.56. The molecule has 178 valence electrons. The van der Waals surface area contributed by atoms with Crippen LogP contribution >= 0.6 is 11.6 Å². The Morgan fingerprint density at radius 2 is 1.47 bits per heavy atom. The molecule has 11 heteroatoms. The number of methoxy groups -OCH3 is 3. The summed E-state index contributed by atoms with van der Waals surface area (Å²) in [5, 5.41) is 4.39. The average molecular weight is 504 g/mol. The normalized spacial score (nSPS) is 11.2. The van der Waals surface area contributed by atoms with Crippen LogP contribution in [0.3, 0.4) is 0 Å². The number of hydrogen-bond acceptors (Lipinski definition) is 7. The molecule has 9 nitrogen and oxygen atoms in total. The fraction of sp³-hybridized carbons (Fsp3) is 0.130. The molecular weight excluding hydrogens is 482 g/mol. The molecule has 0 aromatic heterocycles. The highest BCUT2D eigenvalue weighted by atomic mass is 35.5. The van der Waals surface area contributed by atoms with Gasteiger partial charge in [-0.1, -0.05) is 11.6 Å². The molecule has 0 aliphatic rings. The molecule has 34 heavy (non-hydrogen) atoms. The Morgan fingerprint density at radius 1 is 0.882 bits per heavy atom. The van der Waals surface area contributed by atoms with Crippen LogP contribution in [0.15, 0.2) is 70.7 Å². The monoisotopic (exact) mass is 503 g/mol. The van der Waals surface area contributed by atoms with Gasteiger partial charge in [-0.05, 0) is 54.6 Å². The van der Waals surface area contributed by atoms with Crippen LogP contribution in [0.5, 0.6) is 17.2 Å². The Balaban J connectivity index is 1.67. The first-order valence-corrected chi connectivity index (χ1v) is 11.7. The van der Waals surface area contributed by atoms with Crippen molar-refractivity contribution in [3.63, 3.8) is 0 Å². The minimum Gasteiger partial charge on any atom is -0.496 e. The third-order valence-electron chi connectivity index (χ3n) is 4.63. The number of ether oxygens (including phenoxy) is 3. The van der Waals surface area contributed by atoms with Crippen molar-refractivity contribution in [2.75, 3.05) is 26.1 Å². The highest BCUT2D eigenvalue weighted by Crippen LogP contribution is 2.33. The topological polar surface area (TPSA) is 115 Å². The summed E-state index contributed by atoms with van der Waals surface area (Å²) in [6.07, 6.45) is 1.41. The summed E-state index contributed by atoms with van der Waals surface area (Å²) in [4.78, 5) is 12.5. The van der Waals surface area contributed by atoms with Crippen molar-refractivity contribution >= 4 is 39.4 Å². The number of carbonyl (C=O) groups is 1. The smallest absolute Gasteiger partial charge is 0.271 e. The highest BCUT2D eigenvalue weighted by Gasteiger charge is 2.15. The molecule has 0 aliphatic carbocycles. The summed E-state index contributed by atoms with van der Waals surface area (Å²) in [6, 6.07) is 15.0. The Morgan fingerprint density at radius 3 is 2.06 bits per heavy atom. The van der Waals surface area contributed by atoms with Crippen molar-refractivity contribution in [1.82, 2.24) is 5.43 Å². The lowest BCUT2D eigenvalue weighted by atomic mass is 10.2. The number of rotatable bonds is 9. The van der Waals surface area contributed by atoms with Crippen molar-refractivity contribution in [3.8, 4) is 17.2 Å². The third kappa shape index (κ3) is 5.97. The second kappa shape index (κ2) is 10.9. The van der Waals surface area contributed by atoms with E-state index in [1.165, 1.54) is 76.1 Å². The number of nitrogens with zero attached hydrogens (tertiary/aromatic N) is 1. The van der Waals surface area contributed by atoms with Gasteiger partial charge >= 0.3 is 0 Å². The Labute approximate surface area is 202 Å². The zero-order valence-electron chi connectivity index (χ0n) is 18.5. The van der Waals surface area contributed by atoms with E-state index in [1.54, 1.807) is 12.1 Å². The number of halogens is 1. The second-order valence-electron chi connectivity index (χ2n) is 6.79. The van der Waals surface area contributed by atoms with E-state index in [0.29, 0.717) is 33.5 Å². The number of nitrogens with one attached hydrogen (secondary N) is 2. The molecule has 0 saturated carbocycles. The lowest BCUT2D eigenvalue weighted by molar-refractivity contribution is 0.0955. The van der Waals surface area contributed by atoms with Gasteiger partial charge in [0.25, 0.3) is 15.9 Å². The number of benzene rings is 3. The standard InChI is InChI=1S/C23H22ClN3O6S/c1-31-20-13-22(33-3)21(32-2)12-16(20)14-25-26-23(28)15-4-8-18(9-5-15)27-34(29,30)19-10-6-17(24)7-11-19/h4-14,27H,1-3H3,(H,26,28)/b25-14-. The van der Waals surface area contributed by atoms with Crippen LogP contribution in [0.2, 0.25) is 5.02 Å². The Hall–Kier alpha value is -3.76. The van der Waals surface area contributed by atoms with Gasteiger partial charge in [0.2, 0.25) is 0 Å². The van der Waals surface area contributed by atoms with E-state index in [9.17, 15) is 13.2 Å². The van der Waals surface area contributed by atoms with E-state index >= 15 is 0 Å². The zero-order valence-corrected chi connectivity index (χ0v) is 20.1. The number of carbonyl (C=O) groups excluding carboxylic acids is 1. The SMILES string of the molecule is COc1cc(OC)c(OC)cc1/C=N\NC(=O)c1ccc(NS(=O)(=O)c2ccc(Cl)cc2)cc1. The lowest BCUT2D eigenvalue weighted by Gasteiger charge is -2.11. The fourth-order valence-corrected chi connectivity index (χ4v) is 4.08. The average Bonchev–Trinajstić information content (AvgIpc) is 2.84. The number of sulfonamides is 1. The lowest BCUT2D eigenvalue weighted by Crippen LogP contribution is -2.18. The molecule has 0 aliphatic heterocycles.